The molecule has 4 heterocycles. The van der Waals surface area contributed by atoms with E-state index in [4.69, 9.17) is 10.8 Å². The van der Waals surface area contributed by atoms with Crippen LogP contribution in [-0.4, -0.2) is 31.3 Å². The number of pyridine rings is 1. The molecule has 0 unspecified atom stereocenters. The molecule has 148 valence electrons. The molecule has 2 aliphatic rings. The van der Waals surface area contributed by atoms with E-state index >= 15 is 0 Å². The zero-order valence-corrected chi connectivity index (χ0v) is 16.5. The normalized spacial score (nSPS) is 14.8. The summed E-state index contributed by atoms with van der Waals surface area (Å²) in [4.78, 5) is 13.3. The molecule has 0 saturated heterocycles. The third-order valence-corrected chi connectivity index (χ3v) is 5.93. The Bertz CT molecular complexity index is 1320. The summed E-state index contributed by atoms with van der Waals surface area (Å²) in [6, 6.07) is 8.79. The fraction of sp³-hybridized carbons (Fsp3) is 0.217. The Balaban J connectivity index is 1.46. The van der Waals surface area contributed by atoms with Gasteiger partial charge in [0.25, 0.3) is 0 Å². The monoisotopic (exact) mass is 395 g/mol. The van der Waals surface area contributed by atoms with E-state index in [0.29, 0.717) is 12.4 Å². The summed E-state index contributed by atoms with van der Waals surface area (Å²) < 4.78 is 1.93. The van der Waals surface area contributed by atoms with Gasteiger partial charge in [0, 0.05) is 24.7 Å². The number of hydrogen-bond donors (Lipinski definition) is 2. The molecule has 7 heteroatoms. The Hall–Kier alpha value is -3.58. The molecule has 1 aliphatic carbocycles. The van der Waals surface area contributed by atoms with Crippen molar-refractivity contribution >= 4 is 22.9 Å². The lowest BCUT2D eigenvalue weighted by molar-refractivity contribution is 0.640. The van der Waals surface area contributed by atoms with Crippen molar-refractivity contribution < 1.29 is 0 Å². The molecule has 7 nitrogen and oxygen atoms in total. The summed E-state index contributed by atoms with van der Waals surface area (Å²) in [5.41, 5.74) is 14.9. The number of fused-ring (bicyclic) bond motifs is 3. The summed E-state index contributed by atoms with van der Waals surface area (Å²) in [6.45, 7) is 2.59. The van der Waals surface area contributed by atoms with Crippen LogP contribution in [0.5, 0.6) is 0 Å². The number of rotatable bonds is 3. The maximum atomic E-state index is 6.26. The highest BCUT2D eigenvalue weighted by molar-refractivity contribution is 5.98. The van der Waals surface area contributed by atoms with Crippen molar-refractivity contribution in [3.05, 3.63) is 70.8 Å². The van der Waals surface area contributed by atoms with Crippen LogP contribution in [0.15, 0.2) is 42.9 Å². The fourth-order valence-corrected chi connectivity index (χ4v) is 4.40. The second-order valence-corrected chi connectivity index (χ2v) is 7.86. The number of hydrogen-bond acceptors (Lipinski definition) is 6. The fourth-order valence-electron chi connectivity index (χ4n) is 4.40. The van der Waals surface area contributed by atoms with Gasteiger partial charge in [0.1, 0.15) is 17.8 Å². The number of nitrogens with one attached hydrogen (secondary N) is 1. The first-order valence-corrected chi connectivity index (χ1v) is 10.2. The van der Waals surface area contributed by atoms with Crippen molar-refractivity contribution in [3.63, 3.8) is 0 Å². The third kappa shape index (κ3) is 2.78. The van der Waals surface area contributed by atoms with Crippen molar-refractivity contribution in [1.29, 1.82) is 0 Å². The highest BCUT2D eigenvalue weighted by Crippen LogP contribution is 2.32. The Morgan fingerprint density at radius 2 is 2.07 bits per heavy atom. The van der Waals surface area contributed by atoms with Crippen LogP contribution in [0.3, 0.4) is 0 Å². The van der Waals surface area contributed by atoms with Crippen molar-refractivity contribution in [1.82, 2.24) is 30.0 Å². The summed E-state index contributed by atoms with van der Waals surface area (Å²) in [5, 5.41) is 9.11. The average Bonchev–Trinajstić information content (AvgIpc) is 3.39. The quantitative estimate of drug-likeness (QED) is 0.554. The Kier molecular flexibility index (Phi) is 3.89. The highest BCUT2D eigenvalue weighted by Gasteiger charge is 2.19. The first-order chi connectivity index (χ1) is 14.8. The molecular formula is C23H21N7. The molecule has 0 amide bonds. The van der Waals surface area contributed by atoms with Crippen LogP contribution in [0, 0.1) is 0 Å². The molecule has 0 fully saturated rings. The first-order valence-electron chi connectivity index (χ1n) is 10.2. The van der Waals surface area contributed by atoms with Gasteiger partial charge >= 0.3 is 0 Å². The van der Waals surface area contributed by atoms with Gasteiger partial charge in [0.15, 0.2) is 5.65 Å². The molecule has 4 aromatic rings. The van der Waals surface area contributed by atoms with Crippen molar-refractivity contribution in [3.8, 4) is 11.3 Å². The van der Waals surface area contributed by atoms with Crippen LogP contribution >= 0.6 is 0 Å². The Labute approximate surface area is 173 Å². The summed E-state index contributed by atoms with van der Waals surface area (Å²) in [6.07, 6.45) is 9.54. The van der Waals surface area contributed by atoms with Gasteiger partial charge in [-0.25, -0.2) is 14.6 Å². The molecular weight excluding hydrogens is 374 g/mol. The lowest BCUT2D eigenvalue weighted by Crippen LogP contribution is -2.23. The number of nitrogens with zero attached hydrogens (tertiary/aromatic N) is 5. The van der Waals surface area contributed by atoms with E-state index in [0.717, 1.165) is 59.5 Å². The molecule has 0 atom stereocenters. The summed E-state index contributed by atoms with van der Waals surface area (Å²) in [7, 11) is 0. The van der Waals surface area contributed by atoms with Gasteiger partial charge in [0.05, 0.1) is 17.6 Å². The lowest BCUT2D eigenvalue weighted by atomic mass is 9.98. The zero-order valence-electron chi connectivity index (χ0n) is 16.5. The maximum Gasteiger partial charge on any atom is 0.164 e. The molecule has 30 heavy (non-hydrogen) atoms. The van der Waals surface area contributed by atoms with E-state index in [2.05, 4.69) is 56.7 Å². The van der Waals surface area contributed by atoms with Gasteiger partial charge in [-0.2, -0.15) is 5.10 Å². The topological polar surface area (TPSA) is 94.5 Å². The SMILES string of the molecule is Nc1ncnc2c1c(-c1cnc3c(c1)C=CC3)nn2Cc1ccc2c(c1)CCNC2. The largest absolute Gasteiger partial charge is 0.383 e. The van der Waals surface area contributed by atoms with Gasteiger partial charge in [-0.05, 0) is 41.3 Å². The minimum absolute atomic E-state index is 0.439. The van der Waals surface area contributed by atoms with Crippen LogP contribution in [0.2, 0.25) is 0 Å². The van der Waals surface area contributed by atoms with E-state index < -0.39 is 0 Å². The predicted molar refractivity (Wildman–Crippen MR) is 117 cm³/mol. The van der Waals surface area contributed by atoms with Crippen LogP contribution in [-0.2, 0) is 25.9 Å². The molecule has 3 aromatic heterocycles. The van der Waals surface area contributed by atoms with Gasteiger partial charge in [-0.1, -0.05) is 30.4 Å². The lowest BCUT2D eigenvalue weighted by Gasteiger charge is -2.18. The maximum absolute atomic E-state index is 6.26. The van der Waals surface area contributed by atoms with E-state index in [1.807, 2.05) is 10.9 Å². The number of nitrogen functional groups attached to an aromatic ring is 1. The molecule has 1 aliphatic heterocycles. The highest BCUT2D eigenvalue weighted by atomic mass is 15.3. The molecule has 1 aromatic carbocycles. The third-order valence-electron chi connectivity index (χ3n) is 5.93. The smallest absolute Gasteiger partial charge is 0.164 e. The number of aromatic nitrogens is 5. The number of allylic oxidation sites excluding steroid dienone is 1. The minimum Gasteiger partial charge on any atom is -0.383 e. The molecule has 0 radical (unpaired) electrons. The number of nitrogens with two attached hydrogens (primary N) is 1. The van der Waals surface area contributed by atoms with Gasteiger partial charge < -0.3 is 11.1 Å². The van der Waals surface area contributed by atoms with E-state index in [-0.39, 0.29) is 0 Å². The van der Waals surface area contributed by atoms with Crippen LogP contribution in [0.25, 0.3) is 28.4 Å². The van der Waals surface area contributed by atoms with Gasteiger partial charge in [-0.3, -0.25) is 4.98 Å². The van der Waals surface area contributed by atoms with Crippen LogP contribution in [0.4, 0.5) is 5.82 Å². The van der Waals surface area contributed by atoms with E-state index in [1.54, 1.807) is 0 Å². The molecule has 3 N–H and O–H groups in total. The minimum atomic E-state index is 0.439. The Morgan fingerprint density at radius 3 is 3.03 bits per heavy atom. The van der Waals surface area contributed by atoms with Crippen molar-refractivity contribution in [2.45, 2.75) is 25.9 Å². The molecule has 0 spiro atoms. The van der Waals surface area contributed by atoms with Gasteiger partial charge in [0.2, 0.25) is 0 Å². The standard InChI is InChI=1S/C23H21N7/c24-22-20-21(18-9-16-2-1-3-19(16)26-11-18)29-30(23(20)28-13-27-22)12-14-4-5-17-10-25-7-6-15(17)8-14/h1-2,4-5,8-9,11,13,25H,3,6-7,10,12H2,(H2,24,27,28). The van der Waals surface area contributed by atoms with Crippen LogP contribution in [0.1, 0.15) is 27.9 Å². The van der Waals surface area contributed by atoms with Crippen molar-refractivity contribution in [2.24, 2.45) is 0 Å². The molecule has 0 bridgehead atoms. The molecule has 6 rings (SSSR count). The molecule has 0 saturated carbocycles. The number of anilines is 1. The number of benzene rings is 1. The Morgan fingerprint density at radius 1 is 1.10 bits per heavy atom. The van der Waals surface area contributed by atoms with E-state index in [1.165, 1.54) is 23.0 Å². The zero-order chi connectivity index (χ0) is 20.1. The second-order valence-electron chi connectivity index (χ2n) is 7.86. The second kappa shape index (κ2) is 6.74. The predicted octanol–water partition coefficient (Wildman–Crippen LogP) is 2.73. The van der Waals surface area contributed by atoms with Crippen molar-refractivity contribution in [2.75, 3.05) is 12.3 Å². The van der Waals surface area contributed by atoms with Gasteiger partial charge in [-0.15, -0.1) is 0 Å². The average molecular weight is 395 g/mol. The van der Waals surface area contributed by atoms with Crippen LogP contribution < -0.4 is 11.1 Å². The summed E-state index contributed by atoms with van der Waals surface area (Å²) >= 11 is 0. The van der Waals surface area contributed by atoms with E-state index in [9.17, 15) is 0 Å². The summed E-state index contributed by atoms with van der Waals surface area (Å²) in [5.74, 6) is 0.439. The first kappa shape index (κ1) is 17.3.